The fourth-order valence-electron chi connectivity index (χ4n) is 1.09. The molecule has 0 atom stereocenters. The molecule has 0 saturated heterocycles. The summed E-state index contributed by atoms with van der Waals surface area (Å²) in [7, 11) is 0. The van der Waals surface area contributed by atoms with Crippen LogP contribution in [-0.4, -0.2) is 23.4 Å². The molecule has 0 saturated carbocycles. The maximum Gasteiger partial charge on any atom is 0.303 e. The van der Waals surface area contributed by atoms with Crippen LogP contribution in [0.5, 0.6) is 0 Å². The Morgan fingerprint density at radius 1 is 1.50 bits per heavy atom. The van der Waals surface area contributed by atoms with Crippen molar-refractivity contribution in [3.05, 3.63) is 33.3 Å². The minimum absolute atomic E-state index is 0.0296. The number of ether oxygens (including phenoxy) is 1. The lowest BCUT2D eigenvalue weighted by molar-refractivity contribution is -0.384. The highest BCUT2D eigenvalue weighted by Gasteiger charge is 2.14. The zero-order valence-electron chi connectivity index (χ0n) is 9.31. The molecule has 1 N–H and O–H groups in total. The number of anilines is 1. The molecule has 0 aliphatic carbocycles. The quantitative estimate of drug-likeness (QED) is 0.511. The lowest BCUT2D eigenvalue weighted by Gasteiger charge is -2.05. The van der Waals surface area contributed by atoms with Gasteiger partial charge in [-0.2, -0.15) is 0 Å². The van der Waals surface area contributed by atoms with Gasteiger partial charge in [-0.25, -0.2) is 0 Å². The van der Waals surface area contributed by atoms with Crippen molar-refractivity contribution in [1.29, 1.82) is 0 Å². The summed E-state index contributed by atoms with van der Waals surface area (Å²) >= 11 is 5.61. The van der Waals surface area contributed by atoms with E-state index in [1.165, 1.54) is 19.1 Å². The van der Waals surface area contributed by atoms with Crippen molar-refractivity contribution in [1.82, 2.24) is 0 Å². The second-order valence-corrected chi connectivity index (χ2v) is 3.66. The summed E-state index contributed by atoms with van der Waals surface area (Å²) in [4.78, 5) is 31.7. The fourth-order valence-corrected chi connectivity index (χ4v) is 1.28. The molecule has 8 heteroatoms. The molecule has 1 aromatic carbocycles. The molecular weight excluding hydrogens is 264 g/mol. The molecule has 0 aliphatic rings. The third-order valence-electron chi connectivity index (χ3n) is 1.83. The molecule has 96 valence electrons. The lowest BCUT2D eigenvalue weighted by Crippen LogP contribution is -2.19. The van der Waals surface area contributed by atoms with Crippen molar-refractivity contribution in [3.8, 4) is 0 Å². The van der Waals surface area contributed by atoms with Gasteiger partial charge in [0.15, 0.2) is 6.61 Å². The van der Waals surface area contributed by atoms with Crippen LogP contribution >= 0.6 is 11.6 Å². The molecule has 0 fully saturated rings. The van der Waals surface area contributed by atoms with Gasteiger partial charge in [0.1, 0.15) is 5.02 Å². The summed E-state index contributed by atoms with van der Waals surface area (Å²) in [6.45, 7) is 0.714. The van der Waals surface area contributed by atoms with Crippen LogP contribution < -0.4 is 5.32 Å². The number of nitrogens with zero attached hydrogens (tertiary/aromatic N) is 1. The molecule has 18 heavy (non-hydrogen) atoms. The van der Waals surface area contributed by atoms with E-state index in [2.05, 4.69) is 10.1 Å². The lowest BCUT2D eigenvalue weighted by atomic mass is 10.3. The highest BCUT2D eigenvalue weighted by Crippen LogP contribution is 2.27. The number of hydrogen-bond acceptors (Lipinski definition) is 5. The molecule has 1 rings (SSSR count). The second kappa shape index (κ2) is 5.97. The van der Waals surface area contributed by atoms with Gasteiger partial charge >= 0.3 is 5.97 Å². The van der Waals surface area contributed by atoms with Crippen molar-refractivity contribution in [2.24, 2.45) is 0 Å². The molecule has 0 heterocycles. The fraction of sp³-hybridized carbons (Fsp3) is 0.200. The molecule has 0 aliphatic heterocycles. The molecule has 0 bridgehead atoms. The van der Waals surface area contributed by atoms with Gasteiger partial charge in [0.25, 0.3) is 11.6 Å². The van der Waals surface area contributed by atoms with Gasteiger partial charge in [-0.1, -0.05) is 11.6 Å². The Labute approximate surface area is 107 Å². The van der Waals surface area contributed by atoms with E-state index in [9.17, 15) is 19.7 Å². The first-order valence-electron chi connectivity index (χ1n) is 4.77. The van der Waals surface area contributed by atoms with E-state index in [4.69, 9.17) is 11.6 Å². The number of carbonyl (C=O) groups excluding carboxylic acids is 2. The van der Waals surface area contributed by atoms with E-state index >= 15 is 0 Å². The Balaban J connectivity index is 2.73. The highest BCUT2D eigenvalue weighted by atomic mass is 35.5. The number of nitro groups is 1. The van der Waals surface area contributed by atoms with Crippen LogP contribution in [0, 0.1) is 10.1 Å². The number of carbonyl (C=O) groups is 2. The van der Waals surface area contributed by atoms with Crippen LogP contribution in [0.4, 0.5) is 11.4 Å². The number of amides is 1. The summed E-state index contributed by atoms with van der Waals surface area (Å²) in [5.74, 6) is -1.19. The molecule has 7 nitrogen and oxygen atoms in total. The normalized spacial score (nSPS) is 9.67. The van der Waals surface area contributed by atoms with Gasteiger partial charge in [-0.15, -0.1) is 0 Å². The molecular formula is C10H9ClN2O5. The van der Waals surface area contributed by atoms with Crippen molar-refractivity contribution in [2.75, 3.05) is 11.9 Å². The predicted molar refractivity (Wildman–Crippen MR) is 63.4 cm³/mol. The first kappa shape index (κ1) is 13.9. The summed E-state index contributed by atoms with van der Waals surface area (Å²) in [6, 6.07) is 3.82. The van der Waals surface area contributed by atoms with E-state index in [0.717, 1.165) is 6.07 Å². The minimum atomic E-state index is -0.663. The van der Waals surface area contributed by atoms with E-state index in [0.29, 0.717) is 0 Å². The van der Waals surface area contributed by atoms with Crippen LogP contribution in [0.15, 0.2) is 18.2 Å². The topological polar surface area (TPSA) is 98.5 Å². The van der Waals surface area contributed by atoms with E-state index in [1.807, 2.05) is 0 Å². The second-order valence-electron chi connectivity index (χ2n) is 3.25. The van der Waals surface area contributed by atoms with Crippen molar-refractivity contribution in [2.45, 2.75) is 6.92 Å². The Morgan fingerprint density at radius 2 is 2.17 bits per heavy atom. The Hall–Kier alpha value is -2.15. The first-order valence-corrected chi connectivity index (χ1v) is 5.15. The molecule has 0 spiro atoms. The van der Waals surface area contributed by atoms with Crippen molar-refractivity contribution in [3.63, 3.8) is 0 Å². The number of halogens is 1. The van der Waals surface area contributed by atoms with Crippen LogP contribution in [0.2, 0.25) is 5.02 Å². The third-order valence-corrected chi connectivity index (χ3v) is 2.15. The monoisotopic (exact) mass is 272 g/mol. The van der Waals surface area contributed by atoms with E-state index in [1.54, 1.807) is 0 Å². The van der Waals surface area contributed by atoms with Crippen LogP contribution in [0.1, 0.15) is 6.92 Å². The maximum absolute atomic E-state index is 11.3. The average Bonchev–Trinajstić information content (AvgIpc) is 2.28. The number of nitrogens with one attached hydrogen (secondary N) is 1. The van der Waals surface area contributed by atoms with Gasteiger partial charge in [-0.3, -0.25) is 19.7 Å². The predicted octanol–water partition coefficient (Wildman–Crippen LogP) is 1.75. The zero-order chi connectivity index (χ0) is 13.7. The summed E-state index contributed by atoms with van der Waals surface area (Å²) < 4.78 is 4.47. The van der Waals surface area contributed by atoms with Crippen LogP contribution in [0.3, 0.4) is 0 Å². The number of hydrogen-bond donors (Lipinski definition) is 1. The van der Waals surface area contributed by atoms with Crippen LogP contribution in [-0.2, 0) is 14.3 Å². The number of esters is 1. The zero-order valence-corrected chi connectivity index (χ0v) is 10.1. The van der Waals surface area contributed by atoms with Gasteiger partial charge < -0.3 is 10.1 Å². The van der Waals surface area contributed by atoms with E-state index in [-0.39, 0.29) is 16.4 Å². The number of rotatable bonds is 4. The molecule has 0 aromatic heterocycles. The third kappa shape index (κ3) is 4.02. The SMILES string of the molecule is CC(=O)OCC(=O)Nc1ccc(Cl)c([N+](=O)[O-])c1. The largest absolute Gasteiger partial charge is 0.456 e. The maximum atomic E-state index is 11.3. The number of benzene rings is 1. The summed E-state index contributed by atoms with van der Waals surface area (Å²) in [5.41, 5.74) is -0.120. The molecule has 1 amide bonds. The standard InChI is InChI=1S/C10H9ClN2O5/c1-6(14)18-5-10(15)12-7-2-3-8(11)9(4-7)13(16)17/h2-4H,5H2,1H3,(H,12,15). The minimum Gasteiger partial charge on any atom is -0.456 e. The molecule has 0 unspecified atom stereocenters. The Morgan fingerprint density at radius 3 is 2.72 bits per heavy atom. The van der Waals surface area contributed by atoms with Crippen molar-refractivity contribution >= 4 is 34.9 Å². The summed E-state index contributed by atoms with van der Waals surface area (Å²) in [5, 5.41) is 12.9. The first-order chi connectivity index (χ1) is 8.40. The van der Waals surface area contributed by atoms with Gasteiger partial charge in [0, 0.05) is 18.7 Å². The highest BCUT2D eigenvalue weighted by molar-refractivity contribution is 6.32. The molecule has 1 aromatic rings. The van der Waals surface area contributed by atoms with E-state index < -0.39 is 23.4 Å². The molecule has 0 radical (unpaired) electrons. The van der Waals surface area contributed by atoms with Crippen LogP contribution in [0.25, 0.3) is 0 Å². The smallest absolute Gasteiger partial charge is 0.303 e. The number of nitro benzene ring substituents is 1. The Kier molecular flexibility index (Phi) is 4.61. The summed E-state index contributed by atoms with van der Waals surface area (Å²) in [6.07, 6.45) is 0. The van der Waals surface area contributed by atoms with Gasteiger partial charge in [-0.05, 0) is 12.1 Å². The Bertz CT molecular complexity index is 503. The van der Waals surface area contributed by atoms with Crippen molar-refractivity contribution < 1.29 is 19.2 Å². The average molecular weight is 273 g/mol. The van der Waals surface area contributed by atoms with Gasteiger partial charge in [0.2, 0.25) is 0 Å². The van der Waals surface area contributed by atoms with Gasteiger partial charge in [0.05, 0.1) is 4.92 Å².